The van der Waals surface area contributed by atoms with Gasteiger partial charge in [-0.1, -0.05) is 43.3 Å². The Hall–Kier alpha value is -4.20. The average Bonchev–Trinajstić information content (AvgIpc) is 2.86. The van der Waals surface area contributed by atoms with E-state index < -0.39 is 6.04 Å². The highest BCUT2D eigenvalue weighted by molar-refractivity contribution is 6.03. The highest BCUT2D eigenvalue weighted by atomic mass is 16.3. The van der Waals surface area contributed by atoms with Gasteiger partial charge in [-0.2, -0.15) is 0 Å². The van der Waals surface area contributed by atoms with Crippen LogP contribution in [0.3, 0.4) is 0 Å². The number of rotatable bonds is 10. The fraction of sp³-hybridized carbons (Fsp3) is 0.286. The summed E-state index contributed by atoms with van der Waals surface area (Å²) < 4.78 is 0. The van der Waals surface area contributed by atoms with E-state index in [0.717, 1.165) is 5.56 Å². The molecular formula is C28H32N4O4. The number of hydrogen-bond acceptors (Lipinski definition) is 5. The average molecular weight is 489 g/mol. The SMILES string of the molecule is CCc1ccccc1N(C(=O)CCC(=O)Nc1ccccn1)C(C(=O)NC(C)C)c1ccc(O)cc1. The van der Waals surface area contributed by atoms with E-state index in [4.69, 9.17) is 0 Å². The molecule has 1 unspecified atom stereocenters. The van der Waals surface area contributed by atoms with Gasteiger partial charge in [0.05, 0.1) is 0 Å². The van der Waals surface area contributed by atoms with Gasteiger partial charge in [0, 0.05) is 30.8 Å². The zero-order valence-electron chi connectivity index (χ0n) is 20.8. The van der Waals surface area contributed by atoms with Crippen LogP contribution in [0.15, 0.2) is 72.9 Å². The quantitative estimate of drug-likeness (QED) is 0.392. The highest BCUT2D eigenvalue weighted by Gasteiger charge is 2.34. The lowest BCUT2D eigenvalue weighted by Gasteiger charge is -2.33. The molecule has 0 saturated heterocycles. The van der Waals surface area contributed by atoms with Gasteiger partial charge in [-0.25, -0.2) is 4.98 Å². The molecule has 0 aliphatic rings. The smallest absolute Gasteiger partial charge is 0.248 e. The monoisotopic (exact) mass is 488 g/mol. The predicted octanol–water partition coefficient (Wildman–Crippen LogP) is 4.37. The number of hydrogen-bond donors (Lipinski definition) is 3. The molecule has 3 rings (SSSR count). The summed E-state index contributed by atoms with van der Waals surface area (Å²) >= 11 is 0. The first kappa shape index (κ1) is 26.4. The number of aromatic hydroxyl groups is 1. The molecule has 0 saturated carbocycles. The maximum absolute atomic E-state index is 13.7. The number of carbonyl (C=O) groups is 3. The molecule has 0 radical (unpaired) electrons. The first-order valence-corrected chi connectivity index (χ1v) is 12.0. The number of benzene rings is 2. The minimum absolute atomic E-state index is 0.0554. The zero-order chi connectivity index (χ0) is 26.1. The van der Waals surface area contributed by atoms with E-state index >= 15 is 0 Å². The third-order valence-electron chi connectivity index (χ3n) is 5.55. The molecule has 1 aromatic heterocycles. The lowest BCUT2D eigenvalue weighted by Crippen LogP contribution is -2.46. The molecule has 1 heterocycles. The molecule has 3 amide bonds. The number of carbonyl (C=O) groups excluding carboxylic acids is 3. The molecule has 188 valence electrons. The van der Waals surface area contributed by atoms with E-state index in [1.54, 1.807) is 42.6 Å². The fourth-order valence-electron chi connectivity index (χ4n) is 3.88. The molecule has 0 bridgehead atoms. The number of nitrogens with one attached hydrogen (secondary N) is 2. The van der Waals surface area contributed by atoms with Gasteiger partial charge in [0.25, 0.3) is 0 Å². The molecule has 0 aliphatic carbocycles. The largest absolute Gasteiger partial charge is 0.508 e. The van der Waals surface area contributed by atoms with Crippen LogP contribution in [-0.2, 0) is 20.8 Å². The molecular weight excluding hydrogens is 456 g/mol. The molecule has 0 spiro atoms. The van der Waals surface area contributed by atoms with Crippen LogP contribution in [0.4, 0.5) is 11.5 Å². The topological polar surface area (TPSA) is 112 Å². The number of nitrogens with zero attached hydrogens (tertiary/aromatic N) is 2. The summed E-state index contributed by atoms with van der Waals surface area (Å²) in [4.78, 5) is 45.3. The number of aromatic nitrogens is 1. The number of anilines is 2. The van der Waals surface area contributed by atoms with E-state index in [9.17, 15) is 19.5 Å². The Morgan fingerprint density at radius 1 is 0.944 bits per heavy atom. The van der Waals surface area contributed by atoms with Crippen molar-refractivity contribution in [1.29, 1.82) is 0 Å². The highest BCUT2D eigenvalue weighted by Crippen LogP contribution is 2.32. The number of amides is 3. The summed E-state index contributed by atoms with van der Waals surface area (Å²) in [6.07, 6.45) is 2.03. The number of aryl methyl sites for hydroxylation is 1. The molecule has 36 heavy (non-hydrogen) atoms. The summed E-state index contributed by atoms with van der Waals surface area (Å²) in [7, 11) is 0. The van der Waals surface area contributed by atoms with Crippen molar-refractivity contribution >= 4 is 29.2 Å². The summed E-state index contributed by atoms with van der Waals surface area (Å²) in [6.45, 7) is 5.67. The number of phenols is 1. The molecule has 0 aliphatic heterocycles. The van der Waals surface area contributed by atoms with Crippen LogP contribution in [0.5, 0.6) is 5.75 Å². The zero-order valence-corrected chi connectivity index (χ0v) is 20.8. The van der Waals surface area contributed by atoms with Crippen LogP contribution < -0.4 is 15.5 Å². The fourth-order valence-corrected chi connectivity index (χ4v) is 3.88. The van der Waals surface area contributed by atoms with Crippen molar-refractivity contribution in [2.45, 2.75) is 52.1 Å². The second kappa shape index (κ2) is 12.5. The molecule has 3 N–H and O–H groups in total. The third kappa shape index (κ3) is 6.91. The summed E-state index contributed by atoms with van der Waals surface area (Å²) in [5, 5.41) is 15.4. The van der Waals surface area contributed by atoms with Crippen molar-refractivity contribution in [2.24, 2.45) is 0 Å². The van der Waals surface area contributed by atoms with Gasteiger partial charge >= 0.3 is 0 Å². The normalized spacial score (nSPS) is 11.6. The van der Waals surface area contributed by atoms with Gasteiger partial charge in [0.1, 0.15) is 17.6 Å². The Morgan fingerprint density at radius 3 is 2.28 bits per heavy atom. The maximum atomic E-state index is 13.7. The van der Waals surface area contributed by atoms with E-state index in [1.165, 1.54) is 17.0 Å². The summed E-state index contributed by atoms with van der Waals surface area (Å²) in [5.41, 5.74) is 2.04. The van der Waals surface area contributed by atoms with E-state index in [2.05, 4.69) is 15.6 Å². The van der Waals surface area contributed by atoms with Gasteiger partial charge in [-0.05, 0) is 61.7 Å². The number of para-hydroxylation sites is 1. The lowest BCUT2D eigenvalue weighted by molar-refractivity contribution is -0.127. The Balaban J connectivity index is 1.97. The van der Waals surface area contributed by atoms with Crippen molar-refractivity contribution in [3.8, 4) is 5.75 Å². The minimum atomic E-state index is -0.993. The summed E-state index contributed by atoms with van der Waals surface area (Å²) in [5.74, 6) is -0.614. The van der Waals surface area contributed by atoms with Crippen LogP contribution in [0.25, 0.3) is 0 Å². The molecule has 1 atom stereocenters. The Morgan fingerprint density at radius 2 is 1.64 bits per heavy atom. The molecule has 8 nitrogen and oxygen atoms in total. The number of pyridine rings is 1. The van der Waals surface area contributed by atoms with Crippen LogP contribution in [0, 0.1) is 0 Å². The van der Waals surface area contributed by atoms with Gasteiger partial charge in [-0.15, -0.1) is 0 Å². The van der Waals surface area contributed by atoms with Crippen LogP contribution in [-0.4, -0.2) is 33.9 Å². The summed E-state index contributed by atoms with van der Waals surface area (Å²) in [6, 6.07) is 17.7. The Labute approximate surface area is 211 Å². The van der Waals surface area contributed by atoms with Crippen molar-refractivity contribution in [3.05, 3.63) is 84.1 Å². The van der Waals surface area contributed by atoms with Gasteiger partial charge < -0.3 is 15.7 Å². The van der Waals surface area contributed by atoms with Crippen LogP contribution in [0.1, 0.15) is 50.8 Å². The van der Waals surface area contributed by atoms with Gasteiger partial charge in [0.2, 0.25) is 17.7 Å². The molecule has 2 aromatic carbocycles. The van der Waals surface area contributed by atoms with Crippen molar-refractivity contribution in [3.63, 3.8) is 0 Å². The first-order valence-electron chi connectivity index (χ1n) is 12.0. The first-order chi connectivity index (χ1) is 17.3. The van der Waals surface area contributed by atoms with E-state index in [0.29, 0.717) is 23.5 Å². The van der Waals surface area contributed by atoms with Gasteiger partial charge in [0.15, 0.2) is 0 Å². The number of phenolic OH excluding ortho intramolecular Hbond substituents is 1. The Kier molecular flexibility index (Phi) is 9.16. The second-order valence-electron chi connectivity index (χ2n) is 8.67. The van der Waals surface area contributed by atoms with E-state index in [1.807, 2.05) is 39.0 Å². The molecule has 8 heteroatoms. The van der Waals surface area contributed by atoms with Crippen molar-refractivity contribution in [1.82, 2.24) is 10.3 Å². The maximum Gasteiger partial charge on any atom is 0.248 e. The van der Waals surface area contributed by atoms with Gasteiger partial charge in [-0.3, -0.25) is 19.3 Å². The minimum Gasteiger partial charge on any atom is -0.508 e. The lowest BCUT2D eigenvalue weighted by atomic mass is 9.99. The van der Waals surface area contributed by atoms with Crippen molar-refractivity contribution < 1.29 is 19.5 Å². The standard InChI is InChI=1S/C28H32N4O4/c1-4-20-9-5-6-10-23(20)32(26(35)17-16-25(34)31-24-11-7-8-18-29-24)27(28(36)30-19(2)3)21-12-14-22(33)15-13-21/h5-15,18-19,27,33H,4,16-17H2,1-3H3,(H,30,36)(H,29,31,34). The molecule has 0 fully saturated rings. The van der Waals surface area contributed by atoms with E-state index in [-0.39, 0.29) is 42.4 Å². The van der Waals surface area contributed by atoms with Crippen molar-refractivity contribution in [2.75, 3.05) is 10.2 Å². The van der Waals surface area contributed by atoms with Crippen LogP contribution >= 0.6 is 0 Å². The third-order valence-corrected chi connectivity index (χ3v) is 5.55. The Bertz CT molecular complexity index is 1180. The second-order valence-corrected chi connectivity index (χ2v) is 8.67. The molecule has 3 aromatic rings. The van der Waals surface area contributed by atoms with Crippen LogP contribution in [0.2, 0.25) is 0 Å². The predicted molar refractivity (Wildman–Crippen MR) is 140 cm³/mol.